The molecule has 0 saturated heterocycles. The number of rotatable bonds is 7. The molecule has 1 atom stereocenters. The van der Waals surface area contributed by atoms with Crippen LogP contribution in [-0.2, 0) is 4.79 Å². The summed E-state index contributed by atoms with van der Waals surface area (Å²) in [5, 5.41) is 13.2. The van der Waals surface area contributed by atoms with Crippen LogP contribution in [0.1, 0.15) is 16.6 Å². The summed E-state index contributed by atoms with van der Waals surface area (Å²) in [7, 11) is 0. The van der Waals surface area contributed by atoms with Crippen molar-refractivity contribution in [3.05, 3.63) is 81.9 Å². The molecule has 0 saturated carbocycles. The summed E-state index contributed by atoms with van der Waals surface area (Å²) in [6.07, 6.45) is 1.79. The van der Waals surface area contributed by atoms with Crippen LogP contribution in [0.25, 0.3) is 16.9 Å². The maximum atomic E-state index is 12.8. The summed E-state index contributed by atoms with van der Waals surface area (Å²) in [4.78, 5) is 21.7. The van der Waals surface area contributed by atoms with Crippen LogP contribution in [-0.4, -0.2) is 26.1 Å². The van der Waals surface area contributed by atoms with Crippen molar-refractivity contribution in [3.8, 4) is 23.0 Å². The average Bonchev–Trinajstić information content (AvgIpc) is 3.40. The summed E-state index contributed by atoms with van der Waals surface area (Å²) >= 11 is 8.87. The lowest BCUT2D eigenvalue weighted by molar-refractivity contribution is -0.116. The lowest BCUT2D eigenvalue weighted by atomic mass is 10.1. The molecule has 31 heavy (non-hydrogen) atoms. The second-order valence-electron chi connectivity index (χ2n) is 6.75. The van der Waals surface area contributed by atoms with Crippen LogP contribution in [0.3, 0.4) is 0 Å². The van der Waals surface area contributed by atoms with Gasteiger partial charge in [0.15, 0.2) is 16.9 Å². The van der Waals surface area contributed by atoms with E-state index in [4.69, 9.17) is 11.6 Å². The van der Waals surface area contributed by atoms with Crippen LogP contribution in [0.4, 0.5) is 0 Å². The minimum Gasteiger partial charge on any atom is -0.297 e. The van der Waals surface area contributed by atoms with E-state index in [9.17, 15) is 10.1 Å². The number of halogens is 1. The van der Waals surface area contributed by atoms with Crippen molar-refractivity contribution >= 4 is 40.5 Å². The molecule has 0 aliphatic rings. The van der Waals surface area contributed by atoms with Gasteiger partial charge >= 0.3 is 0 Å². The Kier molecular flexibility index (Phi) is 6.52. The van der Waals surface area contributed by atoms with Gasteiger partial charge in [0.05, 0.1) is 23.7 Å². The fourth-order valence-electron chi connectivity index (χ4n) is 3.10. The molecule has 0 fully saturated rings. The highest BCUT2D eigenvalue weighted by molar-refractivity contribution is 7.99. The van der Waals surface area contributed by atoms with E-state index in [-0.39, 0.29) is 11.5 Å². The molecule has 0 radical (unpaired) electrons. The first-order chi connectivity index (χ1) is 15.1. The number of Topliss-reactive ketones (excluding diaryl/α,β-unsaturated/α-hetero) is 1. The van der Waals surface area contributed by atoms with Crippen LogP contribution in [0.15, 0.2) is 71.3 Å². The third kappa shape index (κ3) is 4.72. The molecule has 4 rings (SSSR count). The van der Waals surface area contributed by atoms with E-state index in [0.29, 0.717) is 15.2 Å². The number of thiazole rings is 1. The quantitative estimate of drug-likeness (QED) is 0.317. The van der Waals surface area contributed by atoms with Crippen molar-refractivity contribution in [2.24, 2.45) is 0 Å². The number of aromatic nitrogens is 3. The second-order valence-corrected chi connectivity index (χ2v) is 9.02. The van der Waals surface area contributed by atoms with Crippen molar-refractivity contribution in [2.75, 3.05) is 5.75 Å². The minimum absolute atomic E-state index is 0.114. The molecule has 0 N–H and O–H groups in total. The van der Waals surface area contributed by atoms with Gasteiger partial charge in [-0.15, -0.1) is 11.3 Å². The van der Waals surface area contributed by atoms with Gasteiger partial charge < -0.3 is 0 Å². The second kappa shape index (κ2) is 9.48. The van der Waals surface area contributed by atoms with Gasteiger partial charge in [0, 0.05) is 27.3 Å². The predicted molar refractivity (Wildman–Crippen MR) is 125 cm³/mol. The highest BCUT2D eigenvalue weighted by Gasteiger charge is 2.24. The first-order valence-corrected chi connectivity index (χ1v) is 11.7. The first kappa shape index (κ1) is 21.3. The molecule has 0 amide bonds. The molecule has 2 heterocycles. The normalized spacial score (nSPS) is 11.8. The van der Waals surface area contributed by atoms with Crippen LogP contribution >= 0.6 is 34.7 Å². The molecular weight excluding hydrogens is 448 g/mol. The first-order valence-electron chi connectivity index (χ1n) is 9.43. The third-order valence-electron chi connectivity index (χ3n) is 4.54. The Hall–Kier alpha value is -2.92. The molecule has 154 valence electrons. The Labute approximate surface area is 193 Å². The molecule has 0 aliphatic heterocycles. The fraction of sp³-hybridized carbons (Fsp3) is 0.130. The van der Waals surface area contributed by atoms with Gasteiger partial charge in [0.1, 0.15) is 5.01 Å². The van der Waals surface area contributed by atoms with Gasteiger partial charge in [-0.05, 0) is 25.1 Å². The van der Waals surface area contributed by atoms with Gasteiger partial charge in [0.25, 0.3) is 0 Å². The van der Waals surface area contributed by atoms with E-state index in [1.165, 1.54) is 23.1 Å². The topological polar surface area (TPSA) is 71.6 Å². The van der Waals surface area contributed by atoms with Crippen LogP contribution < -0.4 is 0 Å². The summed E-state index contributed by atoms with van der Waals surface area (Å²) < 4.78 is 1.98. The Bertz CT molecular complexity index is 1260. The maximum absolute atomic E-state index is 12.8. The standard InChI is InChI=1S/C23H17ClN4OS2/c1-15-13-30-22(27-15)19(11-25)21(29)14-31-23-26-12-20(16-6-3-2-4-7-16)28(23)18-9-5-8-17(24)10-18/h2-10,12-13,19H,14H2,1H3/t19-/m1/s1. The number of hydrogen-bond acceptors (Lipinski definition) is 6. The molecule has 8 heteroatoms. The highest BCUT2D eigenvalue weighted by Crippen LogP contribution is 2.32. The summed E-state index contributed by atoms with van der Waals surface area (Å²) in [5.41, 5.74) is 3.56. The number of carbonyl (C=O) groups is 1. The van der Waals surface area contributed by atoms with Crippen LogP contribution in [0, 0.1) is 18.3 Å². The number of benzene rings is 2. The smallest absolute Gasteiger partial charge is 0.173 e. The monoisotopic (exact) mass is 464 g/mol. The zero-order chi connectivity index (χ0) is 21.8. The van der Waals surface area contributed by atoms with E-state index >= 15 is 0 Å². The lowest BCUT2D eigenvalue weighted by Gasteiger charge is -2.13. The molecule has 4 aromatic rings. The summed E-state index contributed by atoms with van der Waals surface area (Å²) in [5.74, 6) is -0.944. The molecule has 0 aliphatic carbocycles. The van der Waals surface area contributed by atoms with E-state index in [1.807, 2.05) is 71.5 Å². The molecule has 2 aromatic carbocycles. The molecule has 5 nitrogen and oxygen atoms in total. The maximum Gasteiger partial charge on any atom is 0.173 e. The Morgan fingerprint density at radius 2 is 2.06 bits per heavy atom. The number of hydrogen-bond donors (Lipinski definition) is 0. The van der Waals surface area contributed by atoms with E-state index < -0.39 is 5.92 Å². The van der Waals surface area contributed by atoms with Gasteiger partial charge in [-0.3, -0.25) is 9.36 Å². The Morgan fingerprint density at radius 3 is 2.74 bits per heavy atom. The minimum atomic E-state index is -0.866. The predicted octanol–water partition coefficient (Wildman–Crippen LogP) is 5.93. The van der Waals surface area contributed by atoms with E-state index in [1.54, 1.807) is 6.20 Å². The van der Waals surface area contributed by atoms with Crippen molar-refractivity contribution in [3.63, 3.8) is 0 Å². The molecule has 0 spiro atoms. The number of nitriles is 1. The van der Waals surface area contributed by atoms with Crippen molar-refractivity contribution in [1.29, 1.82) is 5.26 Å². The Morgan fingerprint density at radius 1 is 1.26 bits per heavy atom. The van der Waals surface area contributed by atoms with Crippen molar-refractivity contribution in [1.82, 2.24) is 14.5 Å². The van der Waals surface area contributed by atoms with Crippen molar-refractivity contribution in [2.45, 2.75) is 18.0 Å². The van der Waals surface area contributed by atoms with E-state index in [0.717, 1.165) is 22.6 Å². The number of thioether (sulfide) groups is 1. The van der Waals surface area contributed by atoms with Gasteiger partial charge in [-0.2, -0.15) is 5.26 Å². The third-order valence-corrected chi connectivity index (χ3v) is 6.78. The number of carbonyl (C=O) groups excluding carboxylic acids is 1. The molecule has 2 aromatic heterocycles. The molecule has 0 unspecified atom stereocenters. The van der Waals surface area contributed by atoms with E-state index in [2.05, 4.69) is 16.0 Å². The van der Waals surface area contributed by atoms with Crippen molar-refractivity contribution < 1.29 is 4.79 Å². The van der Waals surface area contributed by atoms with Gasteiger partial charge in [-0.25, -0.2) is 9.97 Å². The number of ketones is 1. The SMILES string of the molecule is Cc1csc([C@H](C#N)C(=O)CSc2ncc(-c3ccccc3)n2-c2cccc(Cl)c2)n1. The number of nitrogens with zero attached hydrogens (tertiary/aromatic N) is 4. The van der Waals surface area contributed by atoms with Crippen LogP contribution in [0.5, 0.6) is 0 Å². The fourth-order valence-corrected chi connectivity index (χ4v) is 5.05. The van der Waals surface area contributed by atoms with Gasteiger partial charge in [0.2, 0.25) is 0 Å². The van der Waals surface area contributed by atoms with Gasteiger partial charge in [-0.1, -0.05) is 59.8 Å². The van der Waals surface area contributed by atoms with Crippen LogP contribution in [0.2, 0.25) is 5.02 Å². The summed E-state index contributed by atoms with van der Waals surface area (Å²) in [6.45, 7) is 1.85. The molecular formula is C23H17ClN4OS2. The average molecular weight is 465 g/mol. The zero-order valence-electron chi connectivity index (χ0n) is 16.5. The Balaban J connectivity index is 1.65. The number of aryl methyl sites for hydroxylation is 1. The summed E-state index contributed by atoms with van der Waals surface area (Å²) in [6, 6.07) is 19.5. The zero-order valence-corrected chi connectivity index (χ0v) is 18.9. The number of imidazole rings is 1. The largest absolute Gasteiger partial charge is 0.297 e. The lowest BCUT2D eigenvalue weighted by Crippen LogP contribution is -2.13. The highest BCUT2D eigenvalue weighted by atomic mass is 35.5. The molecule has 0 bridgehead atoms.